The van der Waals surface area contributed by atoms with E-state index in [1.807, 2.05) is 66.7 Å². The number of aliphatic hydroxyl groups excluding tert-OH is 3. The van der Waals surface area contributed by atoms with E-state index >= 15 is 0 Å². The zero-order valence-electron chi connectivity index (χ0n) is 28.0. The summed E-state index contributed by atoms with van der Waals surface area (Å²) in [6, 6.07) is 0. The van der Waals surface area contributed by atoms with E-state index in [4.69, 9.17) is 9.47 Å². The standard InChI is InChI=1S/C36H57NO7/c1-11-13-14-24(5)34(44-36(42)37-17-12-2)29(10)33(40)27(8)19-22(3)18-26(7)32(39)23(4)15-16-30(38)21-31-25(6)20-28(9)35(41)43-31/h11-16,18,20,23-27,29-34,38-40H,1-2,17,19,21H2,3-10H3,(H,37,42)/b14-13-,16-15-,22-18-/t23-,24-,25+,26-,27-,29-,30+,31-,32-,33+,34-/m0/s1. The number of hydrogen-bond acceptors (Lipinski definition) is 7. The summed E-state index contributed by atoms with van der Waals surface area (Å²) in [6.07, 6.45) is 11.4. The fourth-order valence-electron chi connectivity index (χ4n) is 5.72. The van der Waals surface area contributed by atoms with Gasteiger partial charge in [-0.1, -0.05) is 102 Å². The van der Waals surface area contributed by atoms with Gasteiger partial charge in [0, 0.05) is 48.1 Å². The maximum atomic E-state index is 12.3. The summed E-state index contributed by atoms with van der Waals surface area (Å²) in [5.74, 6) is -1.36. The minimum absolute atomic E-state index is 0.0218. The molecule has 0 aliphatic carbocycles. The fraction of sp³-hybridized carbons (Fsp3) is 0.611. The van der Waals surface area contributed by atoms with E-state index in [1.54, 1.807) is 37.3 Å². The van der Waals surface area contributed by atoms with Gasteiger partial charge >= 0.3 is 12.1 Å². The van der Waals surface area contributed by atoms with Crippen molar-refractivity contribution < 1.29 is 34.4 Å². The molecule has 0 saturated carbocycles. The number of rotatable bonds is 18. The number of carbonyl (C=O) groups is 2. The third-order valence-corrected chi connectivity index (χ3v) is 8.40. The van der Waals surface area contributed by atoms with Gasteiger partial charge < -0.3 is 30.1 Å². The van der Waals surface area contributed by atoms with Crippen LogP contribution in [-0.2, 0) is 14.3 Å². The number of amides is 1. The summed E-state index contributed by atoms with van der Waals surface area (Å²) in [7, 11) is 0. The highest BCUT2D eigenvalue weighted by atomic mass is 16.6. The number of nitrogens with one attached hydrogen (secondary N) is 1. The van der Waals surface area contributed by atoms with Gasteiger partial charge in [-0.2, -0.15) is 0 Å². The molecule has 0 saturated heterocycles. The van der Waals surface area contributed by atoms with Crippen molar-refractivity contribution >= 4 is 12.1 Å². The average molecular weight is 616 g/mol. The first-order valence-electron chi connectivity index (χ1n) is 15.8. The number of allylic oxidation sites excluding steroid dienone is 3. The molecule has 0 fully saturated rings. The minimum Gasteiger partial charge on any atom is -0.458 e. The van der Waals surface area contributed by atoms with E-state index in [9.17, 15) is 24.9 Å². The summed E-state index contributed by atoms with van der Waals surface area (Å²) >= 11 is 0. The molecule has 1 amide bonds. The zero-order chi connectivity index (χ0) is 33.6. The van der Waals surface area contributed by atoms with Crippen LogP contribution in [0.2, 0.25) is 0 Å². The molecule has 0 radical (unpaired) electrons. The second-order valence-electron chi connectivity index (χ2n) is 12.6. The van der Waals surface area contributed by atoms with Crippen LogP contribution in [0.15, 0.2) is 72.9 Å². The van der Waals surface area contributed by atoms with E-state index in [0.717, 1.165) is 5.57 Å². The van der Waals surface area contributed by atoms with E-state index in [0.29, 0.717) is 12.0 Å². The van der Waals surface area contributed by atoms with Crippen LogP contribution in [0.3, 0.4) is 0 Å². The van der Waals surface area contributed by atoms with Crippen LogP contribution < -0.4 is 5.32 Å². The molecule has 0 aromatic rings. The highest BCUT2D eigenvalue weighted by Gasteiger charge is 2.34. The number of aliphatic hydroxyl groups is 3. The predicted molar refractivity (Wildman–Crippen MR) is 177 cm³/mol. The van der Waals surface area contributed by atoms with Crippen molar-refractivity contribution in [1.82, 2.24) is 5.32 Å². The Kier molecular flexibility index (Phi) is 17.3. The third-order valence-electron chi connectivity index (χ3n) is 8.40. The molecule has 0 unspecified atom stereocenters. The van der Waals surface area contributed by atoms with Gasteiger partial charge in [-0.05, 0) is 26.2 Å². The molecule has 1 aliphatic heterocycles. The Labute approximate surface area is 265 Å². The molecule has 11 atom stereocenters. The predicted octanol–water partition coefficient (Wildman–Crippen LogP) is 6.06. The summed E-state index contributed by atoms with van der Waals surface area (Å²) in [6.45, 7) is 22.9. The number of cyclic esters (lactones) is 1. The highest BCUT2D eigenvalue weighted by molar-refractivity contribution is 5.88. The quantitative estimate of drug-likeness (QED) is 0.0839. The summed E-state index contributed by atoms with van der Waals surface area (Å²) in [4.78, 5) is 24.2. The summed E-state index contributed by atoms with van der Waals surface area (Å²) in [5.41, 5.74) is 1.61. The monoisotopic (exact) mass is 615 g/mol. The molecule has 0 bridgehead atoms. The van der Waals surface area contributed by atoms with Gasteiger partial charge in [-0.25, -0.2) is 9.59 Å². The topological polar surface area (TPSA) is 125 Å². The van der Waals surface area contributed by atoms with Gasteiger partial charge in [0.2, 0.25) is 0 Å². The van der Waals surface area contributed by atoms with Gasteiger partial charge in [-0.15, -0.1) is 6.58 Å². The van der Waals surface area contributed by atoms with Crippen LogP contribution in [0.4, 0.5) is 4.79 Å². The number of esters is 1. The van der Waals surface area contributed by atoms with Crippen LogP contribution in [-0.4, -0.2) is 64.4 Å². The number of carbonyl (C=O) groups excluding carboxylic acids is 2. The molecule has 1 heterocycles. The smallest absolute Gasteiger partial charge is 0.407 e. The van der Waals surface area contributed by atoms with Crippen LogP contribution >= 0.6 is 0 Å². The van der Waals surface area contributed by atoms with E-state index < -0.39 is 36.6 Å². The molecular weight excluding hydrogens is 558 g/mol. The Hall–Kier alpha value is -2.94. The van der Waals surface area contributed by atoms with Gasteiger partial charge in [-0.3, -0.25) is 0 Å². The van der Waals surface area contributed by atoms with Gasteiger partial charge in [0.15, 0.2) is 0 Å². The van der Waals surface area contributed by atoms with Crippen LogP contribution in [0.1, 0.15) is 68.2 Å². The van der Waals surface area contributed by atoms with Gasteiger partial charge in [0.1, 0.15) is 12.2 Å². The van der Waals surface area contributed by atoms with Crippen LogP contribution in [0, 0.1) is 35.5 Å². The van der Waals surface area contributed by atoms with Crippen molar-refractivity contribution in [3.05, 3.63) is 72.9 Å². The third kappa shape index (κ3) is 13.0. The Morgan fingerprint density at radius 2 is 1.70 bits per heavy atom. The van der Waals surface area contributed by atoms with Crippen molar-refractivity contribution in [2.45, 2.75) is 98.8 Å². The molecule has 0 aromatic heterocycles. The first-order valence-corrected chi connectivity index (χ1v) is 15.8. The molecule has 44 heavy (non-hydrogen) atoms. The number of alkyl carbamates (subject to hydrolysis) is 1. The largest absolute Gasteiger partial charge is 0.458 e. The van der Waals surface area contributed by atoms with Crippen LogP contribution in [0.25, 0.3) is 0 Å². The second kappa shape index (κ2) is 19.4. The lowest BCUT2D eigenvalue weighted by atomic mass is 9.81. The van der Waals surface area contributed by atoms with Crippen molar-refractivity contribution in [2.24, 2.45) is 35.5 Å². The molecule has 0 aromatic carbocycles. The molecular formula is C36H57NO7. The molecule has 248 valence electrons. The van der Waals surface area contributed by atoms with Crippen molar-refractivity contribution in [3.8, 4) is 0 Å². The Bertz CT molecular complexity index is 1060. The van der Waals surface area contributed by atoms with E-state index in [2.05, 4.69) is 18.5 Å². The first kappa shape index (κ1) is 39.1. The average Bonchev–Trinajstić information content (AvgIpc) is 2.97. The van der Waals surface area contributed by atoms with Gasteiger partial charge in [0.05, 0.1) is 18.3 Å². The Balaban J connectivity index is 2.80. The summed E-state index contributed by atoms with van der Waals surface area (Å²) < 4.78 is 11.2. The molecule has 8 nitrogen and oxygen atoms in total. The van der Waals surface area contributed by atoms with E-state index in [-0.39, 0.29) is 54.4 Å². The summed E-state index contributed by atoms with van der Waals surface area (Å²) in [5, 5.41) is 35.4. The molecule has 1 rings (SSSR count). The Morgan fingerprint density at radius 3 is 2.32 bits per heavy atom. The lowest BCUT2D eigenvalue weighted by Crippen LogP contribution is -2.42. The molecule has 4 N–H and O–H groups in total. The zero-order valence-corrected chi connectivity index (χ0v) is 28.0. The number of hydrogen-bond donors (Lipinski definition) is 4. The minimum atomic E-state index is -0.801. The highest BCUT2D eigenvalue weighted by Crippen LogP contribution is 2.29. The maximum Gasteiger partial charge on any atom is 0.407 e. The SMILES string of the molecule is C=C/C=C\[C@H](C)[C@H](OC(=O)NCC=C)[C@@H](C)[C@H](O)[C@@H](C)C/C(C)=C\[C@H](C)[C@@H](O)[C@@H](C)/C=C\[C@@H](O)C[C@@H]1OC(=O)C(C)=C[C@H]1C. The molecule has 8 heteroatoms. The van der Waals surface area contributed by atoms with Crippen molar-refractivity contribution in [1.29, 1.82) is 0 Å². The van der Waals surface area contributed by atoms with E-state index in [1.165, 1.54) is 0 Å². The maximum absolute atomic E-state index is 12.3. The number of ether oxygens (including phenoxy) is 2. The fourth-order valence-corrected chi connectivity index (χ4v) is 5.72. The van der Waals surface area contributed by atoms with Gasteiger partial charge in [0.25, 0.3) is 0 Å². The Morgan fingerprint density at radius 1 is 1.05 bits per heavy atom. The van der Waals surface area contributed by atoms with Crippen molar-refractivity contribution in [3.63, 3.8) is 0 Å². The lowest BCUT2D eigenvalue weighted by Gasteiger charge is -2.34. The van der Waals surface area contributed by atoms with Crippen LogP contribution in [0.5, 0.6) is 0 Å². The molecule has 1 aliphatic rings. The first-order chi connectivity index (χ1) is 20.6. The normalized spacial score (nSPS) is 23.8. The molecule has 0 spiro atoms. The second-order valence-corrected chi connectivity index (χ2v) is 12.6. The van der Waals surface area contributed by atoms with Crippen molar-refractivity contribution in [2.75, 3.05) is 6.54 Å². The lowest BCUT2D eigenvalue weighted by molar-refractivity contribution is -0.149.